The minimum absolute atomic E-state index is 0.232. The topological polar surface area (TPSA) is 80.0 Å². The number of aromatic nitrogens is 5. The first-order valence-corrected chi connectivity index (χ1v) is 9.83. The summed E-state index contributed by atoms with van der Waals surface area (Å²) in [6.07, 6.45) is 8.59. The number of aryl methyl sites for hydroxylation is 1. The van der Waals surface area contributed by atoms with Gasteiger partial charge in [0.25, 0.3) is 0 Å². The molecule has 1 amide bonds. The Kier molecular flexibility index (Phi) is 5.42. The van der Waals surface area contributed by atoms with Crippen LogP contribution in [0.15, 0.2) is 30.7 Å². The first kappa shape index (κ1) is 18.0. The van der Waals surface area contributed by atoms with Gasteiger partial charge in [-0.3, -0.25) is 9.78 Å². The summed E-state index contributed by atoms with van der Waals surface area (Å²) in [5.41, 5.74) is 1.20. The molecular weight excluding hydrogens is 342 g/mol. The van der Waals surface area contributed by atoms with Gasteiger partial charge < -0.3 is 9.80 Å². The second kappa shape index (κ2) is 8.12. The number of carbonyl (C=O) groups is 1. The highest BCUT2D eigenvalue weighted by Gasteiger charge is 2.41. The van der Waals surface area contributed by atoms with Gasteiger partial charge in [-0.2, -0.15) is 0 Å². The summed E-state index contributed by atoms with van der Waals surface area (Å²) in [7, 11) is 0. The van der Waals surface area contributed by atoms with Gasteiger partial charge in [0.2, 0.25) is 5.91 Å². The molecule has 2 aliphatic heterocycles. The molecule has 4 rings (SSSR count). The smallest absolute Gasteiger partial charge is 0.222 e. The zero-order valence-electron chi connectivity index (χ0n) is 15.7. The Balaban J connectivity index is 1.34. The monoisotopic (exact) mass is 369 g/mol. The number of nitrogens with zero attached hydrogens (tertiary/aromatic N) is 7. The average Bonchev–Trinajstić information content (AvgIpc) is 3.20. The third-order valence-electron chi connectivity index (χ3n) is 5.82. The fourth-order valence-electron chi connectivity index (χ4n) is 4.51. The molecule has 0 aromatic carbocycles. The minimum atomic E-state index is 0.232. The molecule has 2 aromatic heterocycles. The Morgan fingerprint density at radius 2 is 2.11 bits per heavy atom. The second-order valence-corrected chi connectivity index (χ2v) is 7.88. The molecule has 144 valence electrons. The molecule has 0 N–H and O–H groups in total. The maximum absolute atomic E-state index is 12.5. The summed E-state index contributed by atoms with van der Waals surface area (Å²) in [6, 6.07) is 5.90. The van der Waals surface area contributed by atoms with E-state index in [-0.39, 0.29) is 11.3 Å². The Hall–Kier alpha value is -2.35. The third-order valence-corrected chi connectivity index (χ3v) is 5.82. The fourth-order valence-corrected chi connectivity index (χ4v) is 4.51. The van der Waals surface area contributed by atoms with Crippen LogP contribution in [0.5, 0.6) is 0 Å². The van der Waals surface area contributed by atoms with Crippen LogP contribution in [0.3, 0.4) is 0 Å². The average molecular weight is 369 g/mol. The number of piperidine rings is 2. The zero-order valence-corrected chi connectivity index (χ0v) is 15.7. The minimum Gasteiger partial charge on any atom is -0.336 e. The van der Waals surface area contributed by atoms with Crippen molar-refractivity contribution in [3.63, 3.8) is 0 Å². The van der Waals surface area contributed by atoms with Crippen molar-refractivity contribution in [3.05, 3.63) is 36.4 Å². The largest absolute Gasteiger partial charge is 0.336 e. The van der Waals surface area contributed by atoms with E-state index >= 15 is 0 Å². The van der Waals surface area contributed by atoms with Gasteiger partial charge in [-0.15, -0.1) is 5.10 Å². The van der Waals surface area contributed by atoms with Gasteiger partial charge in [0.1, 0.15) is 6.33 Å². The molecule has 8 nitrogen and oxygen atoms in total. The Morgan fingerprint density at radius 1 is 1.15 bits per heavy atom. The number of rotatable bonds is 6. The predicted molar refractivity (Wildman–Crippen MR) is 99.4 cm³/mol. The van der Waals surface area contributed by atoms with Crippen LogP contribution in [0.25, 0.3) is 0 Å². The van der Waals surface area contributed by atoms with E-state index in [0.717, 1.165) is 51.3 Å². The van der Waals surface area contributed by atoms with Crippen LogP contribution in [0, 0.1) is 5.41 Å². The lowest BCUT2D eigenvalue weighted by atomic mass is 9.73. The van der Waals surface area contributed by atoms with Crippen molar-refractivity contribution >= 4 is 5.91 Å². The highest BCUT2D eigenvalue weighted by molar-refractivity contribution is 5.77. The number of tetrazole rings is 1. The lowest BCUT2D eigenvalue weighted by molar-refractivity contribution is -0.140. The first-order valence-electron chi connectivity index (χ1n) is 9.83. The van der Waals surface area contributed by atoms with Crippen molar-refractivity contribution in [3.8, 4) is 0 Å². The van der Waals surface area contributed by atoms with E-state index in [1.54, 1.807) is 17.2 Å². The summed E-state index contributed by atoms with van der Waals surface area (Å²) in [5.74, 6) is 0.266. The molecule has 2 fully saturated rings. The van der Waals surface area contributed by atoms with Crippen molar-refractivity contribution in [1.82, 2.24) is 35.0 Å². The summed E-state index contributed by atoms with van der Waals surface area (Å²) in [5, 5.41) is 11.3. The van der Waals surface area contributed by atoms with Crippen molar-refractivity contribution < 1.29 is 4.79 Å². The number of amides is 1. The molecule has 8 heteroatoms. The van der Waals surface area contributed by atoms with E-state index < -0.39 is 0 Å². The molecule has 0 radical (unpaired) electrons. The second-order valence-electron chi connectivity index (χ2n) is 7.88. The van der Waals surface area contributed by atoms with E-state index in [1.807, 2.05) is 23.1 Å². The SMILES string of the molecule is O=C1CC[C@@]2(CCCN(CCCn3cnnn3)C2)CN1Cc1ccccn1. The summed E-state index contributed by atoms with van der Waals surface area (Å²) in [4.78, 5) is 21.5. The van der Waals surface area contributed by atoms with Gasteiger partial charge in [-0.1, -0.05) is 6.07 Å². The van der Waals surface area contributed by atoms with Crippen molar-refractivity contribution in [2.45, 2.75) is 45.2 Å². The highest BCUT2D eigenvalue weighted by atomic mass is 16.2. The van der Waals surface area contributed by atoms with E-state index in [4.69, 9.17) is 0 Å². The lowest BCUT2D eigenvalue weighted by Crippen LogP contribution is -2.53. The molecular formula is C19H27N7O. The molecule has 4 heterocycles. The quantitative estimate of drug-likeness (QED) is 0.765. The summed E-state index contributed by atoms with van der Waals surface area (Å²) in [6.45, 7) is 5.60. The molecule has 27 heavy (non-hydrogen) atoms. The predicted octanol–water partition coefficient (Wildman–Crippen LogP) is 1.36. The van der Waals surface area contributed by atoms with E-state index in [2.05, 4.69) is 25.4 Å². The fraction of sp³-hybridized carbons (Fsp3) is 0.632. The van der Waals surface area contributed by atoms with Crippen LogP contribution in [-0.2, 0) is 17.9 Å². The van der Waals surface area contributed by atoms with Crippen LogP contribution >= 0.6 is 0 Å². The molecule has 2 saturated heterocycles. The molecule has 0 unspecified atom stereocenters. The van der Waals surface area contributed by atoms with Crippen LogP contribution in [0.2, 0.25) is 0 Å². The molecule has 0 bridgehead atoms. The van der Waals surface area contributed by atoms with Gasteiger partial charge in [-0.25, -0.2) is 4.68 Å². The molecule has 0 saturated carbocycles. The molecule has 2 aliphatic rings. The van der Waals surface area contributed by atoms with E-state index in [1.165, 1.54) is 12.8 Å². The zero-order chi connectivity index (χ0) is 18.5. The summed E-state index contributed by atoms with van der Waals surface area (Å²) >= 11 is 0. The van der Waals surface area contributed by atoms with Crippen LogP contribution in [0.4, 0.5) is 0 Å². The normalized spacial score (nSPS) is 23.9. The van der Waals surface area contributed by atoms with Crippen LogP contribution in [-0.4, -0.2) is 67.1 Å². The van der Waals surface area contributed by atoms with Crippen LogP contribution < -0.4 is 0 Å². The van der Waals surface area contributed by atoms with Crippen LogP contribution in [0.1, 0.15) is 37.8 Å². The van der Waals surface area contributed by atoms with Crippen molar-refractivity contribution in [2.75, 3.05) is 26.2 Å². The van der Waals surface area contributed by atoms with Crippen molar-refractivity contribution in [1.29, 1.82) is 0 Å². The molecule has 2 aromatic rings. The number of pyridine rings is 1. The summed E-state index contributed by atoms with van der Waals surface area (Å²) < 4.78 is 1.79. The third kappa shape index (κ3) is 4.50. The Bertz CT molecular complexity index is 736. The van der Waals surface area contributed by atoms with Gasteiger partial charge in [-0.05, 0) is 61.3 Å². The number of likely N-dealkylation sites (tertiary alicyclic amines) is 2. The number of carbonyl (C=O) groups excluding carboxylic acids is 1. The highest BCUT2D eigenvalue weighted by Crippen LogP contribution is 2.39. The maximum atomic E-state index is 12.5. The number of hydrogen-bond acceptors (Lipinski definition) is 6. The van der Waals surface area contributed by atoms with E-state index in [9.17, 15) is 4.79 Å². The van der Waals surface area contributed by atoms with Gasteiger partial charge >= 0.3 is 0 Å². The molecule has 1 atom stereocenters. The first-order chi connectivity index (χ1) is 13.2. The Morgan fingerprint density at radius 3 is 2.93 bits per heavy atom. The van der Waals surface area contributed by atoms with Gasteiger partial charge in [0.15, 0.2) is 0 Å². The maximum Gasteiger partial charge on any atom is 0.222 e. The van der Waals surface area contributed by atoms with Gasteiger partial charge in [0, 0.05) is 37.7 Å². The molecule has 0 aliphatic carbocycles. The molecule has 1 spiro atoms. The number of hydrogen-bond donors (Lipinski definition) is 0. The van der Waals surface area contributed by atoms with Gasteiger partial charge in [0.05, 0.1) is 12.2 Å². The van der Waals surface area contributed by atoms with Crippen molar-refractivity contribution in [2.24, 2.45) is 5.41 Å². The van der Waals surface area contributed by atoms with E-state index in [0.29, 0.717) is 13.0 Å². The Labute approximate surface area is 159 Å². The standard InChI is InChI=1S/C19H27N7O/c27-18-6-8-19(15-25(18)13-17-5-1-2-9-20-17)7-3-10-24(14-19)11-4-12-26-16-21-22-23-26/h1-2,5,9,16H,3-4,6-8,10-15H2/t19-/m1/s1. The lowest BCUT2D eigenvalue weighted by Gasteiger charge is -2.48.